The summed E-state index contributed by atoms with van der Waals surface area (Å²) < 4.78 is 0. The lowest BCUT2D eigenvalue weighted by atomic mass is 9.92. The van der Waals surface area contributed by atoms with E-state index in [1.807, 2.05) is 71.6 Å². The van der Waals surface area contributed by atoms with Crippen LogP contribution in [0.1, 0.15) is 24.4 Å². The topological polar surface area (TPSA) is 23.6 Å². The molecule has 5 heteroatoms. The van der Waals surface area contributed by atoms with Crippen LogP contribution in [0.5, 0.6) is 0 Å². The van der Waals surface area contributed by atoms with Gasteiger partial charge in [-0.15, -0.1) is 0 Å². The van der Waals surface area contributed by atoms with E-state index in [1.54, 1.807) is 0 Å². The number of hydrogen-bond acceptors (Lipinski definition) is 2. The van der Waals surface area contributed by atoms with E-state index in [2.05, 4.69) is 17.0 Å². The number of carbonyl (C=O) groups is 1. The molecule has 150 valence electrons. The maximum atomic E-state index is 13.7. The van der Waals surface area contributed by atoms with Gasteiger partial charge in [-0.05, 0) is 60.5 Å². The molecule has 0 aromatic heterocycles. The molecule has 0 aliphatic carbocycles. The largest absolute Gasteiger partial charge is 0.344 e. The van der Waals surface area contributed by atoms with Crippen molar-refractivity contribution in [3.8, 4) is 0 Å². The lowest BCUT2D eigenvalue weighted by Gasteiger charge is -2.38. The number of rotatable bonds is 3. The molecule has 0 saturated carbocycles. The predicted molar refractivity (Wildman–Crippen MR) is 123 cm³/mol. The summed E-state index contributed by atoms with van der Waals surface area (Å²) in [6.45, 7) is 0.800. The Labute approximate surface area is 186 Å². The second-order valence-corrected chi connectivity index (χ2v) is 8.46. The van der Waals surface area contributed by atoms with Gasteiger partial charge in [-0.25, -0.2) is 0 Å². The Morgan fingerprint density at radius 1 is 0.767 bits per heavy atom. The van der Waals surface area contributed by atoms with Crippen molar-refractivity contribution in [1.82, 2.24) is 0 Å². The van der Waals surface area contributed by atoms with E-state index in [9.17, 15) is 4.79 Å². The molecular formula is C25H20Cl2N2O. The predicted octanol–water partition coefficient (Wildman–Crippen LogP) is 6.64. The first-order chi connectivity index (χ1) is 14.6. The second-order valence-electron chi connectivity index (χ2n) is 7.59. The van der Waals surface area contributed by atoms with Crippen LogP contribution in [0.4, 0.5) is 11.4 Å². The highest BCUT2D eigenvalue weighted by atomic mass is 35.5. The van der Waals surface area contributed by atoms with Crippen molar-refractivity contribution in [3.05, 3.63) is 106 Å². The van der Waals surface area contributed by atoms with Crippen molar-refractivity contribution in [2.24, 2.45) is 0 Å². The molecule has 2 heterocycles. The molecule has 30 heavy (non-hydrogen) atoms. The molecule has 0 spiro atoms. The van der Waals surface area contributed by atoms with Crippen molar-refractivity contribution in [1.29, 1.82) is 0 Å². The molecule has 0 saturated heterocycles. The van der Waals surface area contributed by atoms with Gasteiger partial charge in [-0.2, -0.15) is 0 Å². The monoisotopic (exact) mass is 434 g/mol. The standard InChI is InChI=1S/C25H20Cl2N2O/c26-18-6-10-20(11-7-18)28-15-14-22-24(28)16-23(17-4-2-1-3-5-17)29(25(22)30)21-12-8-19(27)9-13-21/h1-13,23H,14-16H2. The number of carbonyl (C=O) groups excluding carboxylic acids is 1. The first-order valence-corrected chi connectivity index (χ1v) is 10.8. The molecule has 1 amide bonds. The van der Waals surface area contributed by atoms with E-state index in [1.165, 1.54) is 0 Å². The summed E-state index contributed by atoms with van der Waals surface area (Å²) in [6, 6.07) is 25.5. The Bertz CT molecular complexity index is 1110. The van der Waals surface area contributed by atoms with Gasteiger partial charge in [-0.1, -0.05) is 53.5 Å². The Hall–Kier alpha value is -2.75. The van der Waals surface area contributed by atoms with Gasteiger partial charge in [0.05, 0.1) is 6.04 Å². The zero-order valence-electron chi connectivity index (χ0n) is 16.3. The highest BCUT2D eigenvalue weighted by Crippen LogP contribution is 2.44. The van der Waals surface area contributed by atoms with Crippen molar-refractivity contribution < 1.29 is 4.79 Å². The van der Waals surface area contributed by atoms with Gasteiger partial charge in [0.1, 0.15) is 0 Å². The molecule has 3 aromatic rings. The molecule has 0 fully saturated rings. The molecule has 5 rings (SSSR count). The summed E-state index contributed by atoms with van der Waals surface area (Å²) in [7, 11) is 0. The normalized spacial score (nSPS) is 18.7. The fraction of sp³-hybridized carbons (Fsp3) is 0.160. The third kappa shape index (κ3) is 3.38. The lowest BCUT2D eigenvalue weighted by Crippen LogP contribution is -2.40. The van der Waals surface area contributed by atoms with Crippen molar-refractivity contribution in [2.75, 3.05) is 16.3 Å². The Balaban J connectivity index is 1.59. The molecular weight excluding hydrogens is 415 g/mol. The van der Waals surface area contributed by atoms with Crippen LogP contribution >= 0.6 is 23.2 Å². The van der Waals surface area contributed by atoms with Crippen molar-refractivity contribution in [3.63, 3.8) is 0 Å². The van der Waals surface area contributed by atoms with Crippen LogP contribution in [0.2, 0.25) is 10.0 Å². The third-order valence-corrected chi connectivity index (χ3v) is 6.37. The Morgan fingerprint density at radius 2 is 1.37 bits per heavy atom. The summed E-state index contributed by atoms with van der Waals surface area (Å²) in [5.74, 6) is 0.0730. The van der Waals surface area contributed by atoms with Crippen LogP contribution < -0.4 is 9.80 Å². The minimum atomic E-state index is -0.0773. The quantitative estimate of drug-likeness (QED) is 0.461. The van der Waals surface area contributed by atoms with E-state index in [-0.39, 0.29) is 11.9 Å². The summed E-state index contributed by atoms with van der Waals surface area (Å²) in [5.41, 5.74) is 5.07. The zero-order chi connectivity index (χ0) is 20.7. The van der Waals surface area contributed by atoms with Crippen LogP contribution in [0.3, 0.4) is 0 Å². The maximum absolute atomic E-state index is 13.7. The second kappa shape index (κ2) is 7.82. The number of anilines is 2. The van der Waals surface area contributed by atoms with Crippen molar-refractivity contribution in [2.45, 2.75) is 18.9 Å². The number of hydrogen-bond donors (Lipinski definition) is 0. The number of nitrogens with zero attached hydrogens (tertiary/aromatic N) is 2. The van der Waals surface area contributed by atoms with Crippen molar-refractivity contribution >= 4 is 40.5 Å². The molecule has 3 aromatic carbocycles. The van der Waals surface area contributed by atoms with E-state index in [4.69, 9.17) is 23.2 Å². The van der Waals surface area contributed by atoms with Gasteiger partial charge in [-0.3, -0.25) is 4.79 Å². The molecule has 0 N–H and O–H groups in total. The van der Waals surface area contributed by atoms with E-state index in [0.29, 0.717) is 10.0 Å². The van der Waals surface area contributed by atoms with Crippen LogP contribution in [0, 0.1) is 0 Å². The minimum Gasteiger partial charge on any atom is -0.344 e. The van der Waals surface area contributed by atoms with E-state index in [0.717, 1.165) is 47.6 Å². The van der Waals surface area contributed by atoms with Gasteiger partial charge < -0.3 is 9.80 Å². The summed E-state index contributed by atoms with van der Waals surface area (Å²) >= 11 is 12.2. The SMILES string of the molecule is O=C1C2=C(CC(c3ccccc3)N1c1ccc(Cl)cc1)N(c1ccc(Cl)cc1)CC2. The summed E-state index contributed by atoms with van der Waals surface area (Å²) in [5, 5.41) is 1.37. The highest BCUT2D eigenvalue weighted by Gasteiger charge is 2.40. The number of benzene rings is 3. The fourth-order valence-corrected chi connectivity index (χ4v) is 4.69. The molecule has 1 atom stereocenters. The average Bonchev–Trinajstić information content (AvgIpc) is 3.20. The summed E-state index contributed by atoms with van der Waals surface area (Å²) in [6.07, 6.45) is 1.50. The molecule has 2 aliphatic rings. The molecule has 1 unspecified atom stereocenters. The smallest absolute Gasteiger partial charge is 0.256 e. The maximum Gasteiger partial charge on any atom is 0.256 e. The van der Waals surface area contributed by atoms with Gasteiger partial charge in [0, 0.05) is 45.7 Å². The fourth-order valence-electron chi connectivity index (χ4n) is 4.44. The molecule has 2 aliphatic heterocycles. The van der Waals surface area contributed by atoms with Gasteiger partial charge in [0.25, 0.3) is 5.91 Å². The summed E-state index contributed by atoms with van der Waals surface area (Å²) in [4.78, 5) is 17.9. The third-order valence-electron chi connectivity index (χ3n) is 5.86. The zero-order valence-corrected chi connectivity index (χ0v) is 17.8. The van der Waals surface area contributed by atoms with Gasteiger partial charge in [0.2, 0.25) is 0 Å². The molecule has 3 nitrogen and oxygen atoms in total. The lowest BCUT2D eigenvalue weighted by molar-refractivity contribution is -0.116. The number of amides is 1. The van der Waals surface area contributed by atoms with Crippen LogP contribution in [-0.2, 0) is 4.79 Å². The Morgan fingerprint density at radius 3 is 2.00 bits per heavy atom. The minimum absolute atomic E-state index is 0.0730. The van der Waals surface area contributed by atoms with Crippen LogP contribution in [0.15, 0.2) is 90.1 Å². The van der Waals surface area contributed by atoms with Gasteiger partial charge >= 0.3 is 0 Å². The Kier molecular flexibility index (Phi) is 5.01. The molecule has 0 bridgehead atoms. The van der Waals surface area contributed by atoms with Crippen LogP contribution in [0.25, 0.3) is 0 Å². The molecule has 0 radical (unpaired) electrons. The van der Waals surface area contributed by atoms with E-state index < -0.39 is 0 Å². The average molecular weight is 435 g/mol. The highest BCUT2D eigenvalue weighted by molar-refractivity contribution is 6.31. The van der Waals surface area contributed by atoms with E-state index >= 15 is 0 Å². The number of halogens is 2. The first kappa shape index (κ1) is 19.2. The van der Waals surface area contributed by atoms with Gasteiger partial charge in [0.15, 0.2) is 0 Å². The first-order valence-electron chi connectivity index (χ1n) is 10.0. The van der Waals surface area contributed by atoms with Crippen LogP contribution in [-0.4, -0.2) is 12.5 Å².